The Morgan fingerprint density at radius 1 is 1.40 bits per heavy atom. The fraction of sp³-hybridized carbons (Fsp3) is 0.400. The van der Waals surface area contributed by atoms with Gasteiger partial charge in [0.1, 0.15) is 5.82 Å². The van der Waals surface area contributed by atoms with Crippen molar-refractivity contribution in [2.75, 3.05) is 6.54 Å². The lowest BCUT2D eigenvalue weighted by atomic mass is 10.0. The third kappa shape index (κ3) is 3.83. The van der Waals surface area contributed by atoms with Crippen LogP contribution in [-0.4, -0.2) is 16.1 Å². The largest absolute Gasteiger partial charge is 0.335 e. The number of nitrogens with zero attached hydrogens (tertiary/aromatic N) is 2. The number of aromatic nitrogens is 2. The molecule has 20 heavy (non-hydrogen) atoms. The van der Waals surface area contributed by atoms with Gasteiger partial charge in [-0.2, -0.15) is 0 Å². The Hall–Kier alpha value is -0.400. The van der Waals surface area contributed by atoms with Crippen LogP contribution in [0.1, 0.15) is 31.3 Å². The Labute approximate surface area is 142 Å². The summed E-state index contributed by atoms with van der Waals surface area (Å²) in [7, 11) is 0. The number of rotatable bonds is 6. The van der Waals surface area contributed by atoms with Crippen molar-refractivity contribution < 1.29 is 0 Å². The van der Waals surface area contributed by atoms with Gasteiger partial charge in [0.15, 0.2) is 0 Å². The second-order valence-electron chi connectivity index (χ2n) is 4.61. The molecular formula is C15H19BrIN3. The average molecular weight is 448 g/mol. The highest BCUT2D eigenvalue weighted by Gasteiger charge is 2.17. The molecule has 1 atom stereocenters. The van der Waals surface area contributed by atoms with Crippen molar-refractivity contribution in [3.63, 3.8) is 0 Å². The van der Waals surface area contributed by atoms with E-state index in [1.165, 1.54) is 9.13 Å². The molecule has 0 spiro atoms. The lowest BCUT2D eigenvalue weighted by molar-refractivity contribution is 0.520. The summed E-state index contributed by atoms with van der Waals surface area (Å²) < 4.78 is 4.60. The predicted molar refractivity (Wildman–Crippen MR) is 94.9 cm³/mol. The number of nitrogens with one attached hydrogen (secondary N) is 1. The van der Waals surface area contributed by atoms with E-state index < -0.39 is 0 Å². The molecular weight excluding hydrogens is 429 g/mol. The quantitative estimate of drug-likeness (QED) is 0.673. The van der Waals surface area contributed by atoms with Crippen molar-refractivity contribution in [1.82, 2.24) is 14.9 Å². The molecule has 0 bridgehead atoms. The van der Waals surface area contributed by atoms with Gasteiger partial charge in [-0.25, -0.2) is 4.98 Å². The van der Waals surface area contributed by atoms with Gasteiger partial charge in [0.2, 0.25) is 0 Å². The van der Waals surface area contributed by atoms with Crippen molar-refractivity contribution in [1.29, 1.82) is 0 Å². The molecule has 0 saturated carbocycles. The molecule has 2 rings (SSSR count). The Kier molecular flexibility index (Phi) is 6.04. The Morgan fingerprint density at radius 2 is 2.20 bits per heavy atom. The zero-order chi connectivity index (χ0) is 14.5. The van der Waals surface area contributed by atoms with Crippen LogP contribution in [0.2, 0.25) is 0 Å². The van der Waals surface area contributed by atoms with E-state index in [0.29, 0.717) is 0 Å². The van der Waals surface area contributed by atoms with Gasteiger partial charge in [-0.15, -0.1) is 0 Å². The van der Waals surface area contributed by atoms with Gasteiger partial charge >= 0.3 is 0 Å². The SMILES string of the molecule is CCNC(Cc1nccn1CC)c1cc(I)ccc1Br. The normalized spacial score (nSPS) is 12.6. The lowest BCUT2D eigenvalue weighted by Crippen LogP contribution is -2.24. The van der Waals surface area contributed by atoms with Crippen LogP contribution < -0.4 is 5.32 Å². The van der Waals surface area contributed by atoms with Gasteiger partial charge < -0.3 is 9.88 Å². The van der Waals surface area contributed by atoms with Crippen LogP contribution in [0.15, 0.2) is 35.1 Å². The topological polar surface area (TPSA) is 29.9 Å². The third-order valence-electron chi connectivity index (χ3n) is 3.31. The predicted octanol–water partition coefficient (Wildman–Crippen LogP) is 4.16. The molecule has 108 valence electrons. The second-order valence-corrected chi connectivity index (χ2v) is 6.71. The molecule has 0 radical (unpaired) electrons. The van der Waals surface area contributed by atoms with Crippen LogP contribution >= 0.6 is 38.5 Å². The molecule has 1 heterocycles. The van der Waals surface area contributed by atoms with E-state index in [2.05, 4.69) is 85.4 Å². The van der Waals surface area contributed by atoms with Crippen molar-refractivity contribution in [3.8, 4) is 0 Å². The summed E-state index contributed by atoms with van der Waals surface area (Å²) in [5.41, 5.74) is 1.30. The first-order chi connectivity index (χ1) is 9.65. The van der Waals surface area contributed by atoms with E-state index in [4.69, 9.17) is 0 Å². The fourth-order valence-corrected chi connectivity index (χ4v) is 3.36. The molecule has 1 N–H and O–H groups in total. The first-order valence-corrected chi connectivity index (χ1v) is 8.71. The Balaban J connectivity index is 2.29. The summed E-state index contributed by atoms with van der Waals surface area (Å²) in [4.78, 5) is 4.49. The highest BCUT2D eigenvalue weighted by atomic mass is 127. The third-order valence-corrected chi connectivity index (χ3v) is 4.71. The summed E-state index contributed by atoms with van der Waals surface area (Å²) in [6.45, 7) is 6.19. The monoisotopic (exact) mass is 447 g/mol. The van der Waals surface area contributed by atoms with Crippen LogP contribution in [0.3, 0.4) is 0 Å². The minimum Gasteiger partial charge on any atom is -0.335 e. The van der Waals surface area contributed by atoms with Gasteiger partial charge in [0, 0.05) is 39.4 Å². The molecule has 2 aromatic rings. The smallest absolute Gasteiger partial charge is 0.110 e. The summed E-state index contributed by atoms with van der Waals surface area (Å²) in [6, 6.07) is 6.74. The van der Waals surface area contributed by atoms with Crippen molar-refractivity contribution in [3.05, 3.63) is 50.0 Å². The molecule has 0 amide bonds. The first kappa shape index (κ1) is 16.0. The Bertz CT molecular complexity index is 568. The number of hydrogen-bond donors (Lipinski definition) is 1. The standard InChI is InChI=1S/C15H19BrIN3/c1-3-18-14(10-15-19-7-8-20(15)4-2)12-9-11(17)5-6-13(12)16/h5-9,14,18H,3-4,10H2,1-2H3. The number of likely N-dealkylation sites (N-methyl/N-ethyl adjacent to an activating group) is 1. The number of benzene rings is 1. The van der Waals surface area contributed by atoms with E-state index in [0.717, 1.165) is 29.8 Å². The molecule has 0 saturated heterocycles. The van der Waals surface area contributed by atoms with Gasteiger partial charge in [-0.05, 0) is 59.8 Å². The van der Waals surface area contributed by atoms with Crippen molar-refractivity contribution >= 4 is 38.5 Å². The average Bonchev–Trinajstić information content (AvgIpc) is 2.88. The minimum absolute atomic E-state index is 0.275. The zero-order valence-electron chi connectivity index (χ0n) is 11.7. The zero-order valence-corrected chi connectivity index (χ0v) is 15.5. The van der Waals surface area contributed by atoms with E-state index in [1.807, 2.05) is 12.4 Å². The van der Waals surface area contributed by atoms with Gasteiger partial charge in [-0.3, -0.25) is 0 Å². The molecule has 0 aliphatic rings. The van der Waals surface area contributed by atoms with Crippen LogP contribution in [-0.2, 0) is 13.0 Å². The van der Waals surface area contributed by atoms with Crippen molar-refractivity contribution in [2.45, 2.75) is 32.9 Å². The summed E-state index contributed by atoms with van der Waals surface area (Å²) >= 11 is 6.03. The maximum absolute atomic E-state index is 4.49. The molecule has 1 unspecified atom stereocenters. The maximum atomic E-state index is 4.49. The molecule has 3 nitrogen and oxygen atoms in total. The number of halogens is 2. The van der Waals surface area contributed by atoms with E-state index in [9.17, 15) is 0 Å². The van der Waals surface area contributed by atoms with Gasteiger partial charge in [0.05, 0.1) is 0 Å². The maximum Gasteiger partial charge on any atom is 0.110 e. The molecule has 5 heteroatoms. The number of aryl methyl sites for hydroxylation is 1. The second kappa shape index (κ2) is 7.56. The molecule has 0 aliphatic carbocycles. The number of imidazole rings is 1. The van der Waals surface area contributed by atoms with Crippen LogP contribution in [0.25, 0.3) is 0 Å². The van der Waals surface area contributed by atoms with Crippen LogP contribution in [0.5, 0.6) is 0 Å². The number of hydrogen-bond acceptors (Lipinski definition) is 2. The molecule has 1 aromatic heterocycles. The van der Waals surface area contributed by atoms with E-state index >= 15 is 0 Å². The van der Waals surface area contributed by atoms with Gasteiger partial charge in [0.25, 0.3) is 0 Å². The first-order valence-electron chi connectivity index (χ1n) is 6.84. The highest BCUT2D eigenvalue weighted by molar-refractivity contribution is 14.1. The van der Waals surface area contributed by atoms with Crippen molar-refractivity contribution in [2.24, 2.45) is 0 Å². The Morgan fingerprint density at radius 3 is 2.90 bits per heavy atom. The molecule has 0 aliphatic heterocycles. The fourth-order valence-electron chi connectivity index (χ4n) is 2.32. The van der Waals surface area contributed by atoms with E-state index in [1.54, 1.807) is 0 Å². The van der Waals surface area contributed by atoms with Gasteiger partial charge in [-0.1, -0.05) is 22.9 Å². The molecule has 1 aromatic carbocycles. The summed E-state index contributed by atoms with van der Waals surface area (Å²) in [5, 5.41) is 3.57. The van der Waals surface area contributed by atoms with Crippen LogP contribution in [0, 0.1) is 3.57 Å². The molecule has 0 fully saturated rings. The highest BCUT2D eigenvalue weighted by Crippen LogP contribution is 2.27. The lowest BCUT2D eigenvalue weighted by Gasteiger charge is -2.20. The summed E-state index contributed by atoms with van der Waals surface area (Å²) in [5.74, 6) is 1.13. The summed E-state index contributed by atoms with van der Waals surface area (Å²) in [6.07, 6.45) is 4.82. The van der Waals surface area contributed by atoms with Crippen LogP contribution in [0.4, 0.5) is 0 Å². The minimum atomic E-state index is 0.275. The van der Waals surface area contributed by atoms with E-state index in [-0.39, 0.29) is 6.04 Å².